The van der Waals surface area contributed by atoms with Crippen molar-refractivity contribution in [3.8, 4) is 0 Å². The van der Waals surface area contributed by atoms with E-state index in [4.69, 9.17) is 4.98 Å². The standard InChI is InChI=1S/C23H29N3OS/c1-17-15-20-21(16-18(17)2)28-23(24-20)26(14-8-13-25(3)4)22(27)12-11-19-9-6-5-7-10-19/h5-7,9-10,15-16H,8,11-14H2,1-4H3. The first-order valence-corrected chi connectivity index (χ1v) is 10.6. The number of carbonyl (C=O) groups is 1. The molecule has 0 saturated carbocycles. The van der Waals surface area contributed by atoms with Crippen LogP contribution in [0.3, 0.4) is 0 Å². The van der Waals surface area contributed by atoms with Crippen LogP contribution in [-0.4, -0.2) is 43.0 Å². The number of aryl methyl sites for hydroxylation is 3. The highest BCUT2D eigenvalue weighted by Crippen LogP contribution is 2.31. The summed E-state index contributed by atoms with van der Waals surface area (Å²) in [6.45, 7) is 5.87. The van der Waals surface area contributed by atoms with Crippen LogP contribution in [-0.2, 0) is 11.2 Å². The van der Waals surface area contributed by atoms with Crippen molar-refractivity contribution < 1.29 is 4.79 Å². The van der Waals surface area contributed by atoms with E-state index in [-0.39, 0.29) is 5.91 Å². The van der Waals surface area contributed by atoms with Crippen LogP contribution in [0.5, 0.6) is 0 Å². The van der Waals surface area contributed by atoms with E-state index in [2.05, 4.69) is 57.1 Å². The molecule has 3 aromatic rings. The minimum Gasteiger partial charge on any atom is -0.309 e. The molecular weight excluding hydrogens is 366 g/mol. The molecule has 0 N–H and O–H groups in total. The quantitative estimate of drug-likeness (QED) is 0.548. The fraction of sp³-hybridized carbons (Fsp3) is 0.391. The summed E-state index contributed by atoms with van der Waals surface area (Å²) in [7, 11) is 4.12. The van der Waals surface area contributed by atoms with Crippen LogP contribution in [0.1, 0.15) is 29.5 Å². The van der Waals surface area contributed by atoms with Crippen LogP contribution in [0, 0.1) is 13.8 Å². The zero-order valence-electron chi connectivity index (χ0n) is 17.2. The summed E-state index contributed by atoms with van der Waals surface area (Å²) >= 11 is 1.62. The molecule has 0 aliphatic heterocycles. The van der Waals surface area contributed by atoms with Crippen molar-refractivity contribution in [2.24, 2.45) is 0 Å². The molecule has 0 aliphatic carbocycles. The Morgan fingerprint density at radius 3 is 2.46 bits per heavy atom. The normalized spacial score (nSPS) is 11.3. The molecule has 0 spiro atoms. The highest BCUT2D eigenvalue weighted by Gasteiger charge is 2.20. The summed E-state index contributed by atoms with van der Waals surface area (Å²) in [6, 6.07) is 14.5. The molecule has 148 valence electrons. The smallest absolute Gasteiger partial charge is 0.229 e. The minimum atomic E-state index is 0.148. The minimum absolute atomic E-state index is 0.148. The van der Waals surface area contributed by atoms with E-state index in [1.54, 1.807) is 11.3 Å². The molecule has 5 heteroatoms. The molecule has 28 heavy (non-hydrogen) atoms. The van der Waals surface area contributed by atoms with Gasteiger partial charge in [0.25, 0.3) is 0 Å². The number of amides is 1. The Morgan fingerprint density at radius 1 is 1.04 bits per heavy atom. The molecular formula is C23H29N3OS. The van der Waals surface area contributed by atoms with E-state index in [0.29, 0.717) is 13.0 Å². The number of thiazole rings is 1. The van der Waals surface area contributed by atoms with E-state index < -0.39 is 0 Å². The SMILES string of the molecule is Cc1cc2nc(N(CCCN(C)C)C(=O)CCc3ccccc3)sc2cc1C. The molecule has 0 saturated heterocycles. The first-order valence-electron chi connectivity index (χ1n) is 9.81. The Hall–Kier alpha value is -2.24. The third-order valence-corrected chi connectivity index (χ3v) is 6.02. The van der Waals surface area contributed by atoms with Crippen molar-refractivity contribution in [2.75, 3.05) is 32.1 Å². The van der Waals surface area contributed by atoms with Crippen LogP contribution in [0.25, 0.3) is 10.2 Å². The number of benzene rings is 2. The number of fused-ring (bicyclic) bond motifs is 1. The third-order valence-electron chi connectivity index (χ3n) is 4.98. The molecule has 0 unspecified atom stereocenters. The van der Waals surface area contributed by atoms with Crippen molar-refractivity contribution >= 4 is 32.6 Å². The second-order valence-electron chi connectivity index (χ2n) is 7.59. The number of aromatic nitrogens is 1. The van der Waals surface area contributed by atoms with Gasteiger partial charge in [-0.25, -0.2) is 4.98 Å². The monoisotopic (exact) mass is 395 g/mol. The molecule has 2 aromatic carbocycles. The molecule has 0 atom stereocenters. The Balaban J connectivity index is 1.80. The number of rotatable bonds is 8. The average Bonchev–Trinajstić information content (AvgIpc) is 3.06. The molecule has 0 radical (unpaired) electrons. The van der Waals surface area contributed by atoms with E-state index in [1.807, 2.05) is 23.1 Å². The van der Waals surface area contributed by atoms with Gasteiger partial charge < -0.3 is 4.90 Å². The van der Waals surface area contributed by atoms with Gasteiger partial charge in [0, 0.05) is 13.0 Å². The molecule has 0 aliphatic rings. The largest absolute Gasteiger partial charge is 0.309 e. The Labute approximate surface area is 171 Å². The van der Waals surface area contributed by atoms with Crippen LogP contribution < -0.4 is 4.90 Å². The van der Waals surface area contributed by atoms with Crippen LogP contribution in [0.2, 0.25) is 0 Å². The zero-order valence-corrected chi connectivity index (χ0v) is 18.1. The van der Waals surface area contributed by atoms with Gasteiger partial charge in [-0.05, 0) is 76.2 Å². The molecule has 4 nitrogen and oxygen atoms in total. The van der Waals surface area contributed by atoms with E-state index >= 15 is 0 Å². The van der Waals surface area contributed by atoms with Crippen molar-refractivity contribution in [3.05, 3.63) is 59.2 Å². The van der Waals surface area contributed by atoms with Crippen LogP contribution >= 0.6 is 11.3 Å². The van der Waals surface area contributed by atoms with Crippen molar-refractivity contribution in [1.82, 2.24) is 9.88 Å². The number of anilines is 1. The molecule has 1 amide bonds. The highest BCUT2D eigenvalue weighted by atomic mass is 32.1. The Kier molecular flexibility index (Phi) is 6.81. The molecule has 1 aromatic heterocycles. The Bertz CT molecular complexity index is 895. The van der Waals surface area contributed by atoms with Gasteiger partial charge in [0.05, 0.1) is 10.2 Å². The summed E-state index contributed by atoms with van der Waals surface area (Å²) < 4.78 is 1.14. The van der Waals surface area contributed by atoms with Crippen molar-refractivity contribution in [1.29, 1.82) is 0 Å². The zero-order chi connectivity index (χ0) is 20.1. The van der Waals surface area contributed by atoms with Crippen molar-refractivity contribution in [2.45, 2.75) is 33.1 Å². The highest BCUT2D eigenvalue weighted by molar-refractivity contribution is 7.22. The van der Waals surface area contributed by atoms with E-state index in [9.17, 15) is 4.79 Å². The van der Waals surface area contributed by atoms with Gasteiger partial charge in [-0.3, -0.25) is 9.69 Å². The molecule has 1 heterocycles. The molecule has 0 bridgehead atoms. The summed E-state index contributed by atoms with van der Waals surface area (Å²) in [5, 5.41) is 0.816. The molecule has 0 fully saturated rings. The van der Waals surface area contributed by atoms with Gasteiger partial charge in [-0.15, -0.1) is 0 Å². The lowest BCUT2D eigenvalue weighted by atomic mass is 10.1. The lowest BCUT2D eigenvalue weighted by molar-refractivity contribution is -0.118. The van der Waals surface area contributed by atoms with E-state index in [0.717, 1.165) is 34.7 Å². The van der Waals surface area contributed by atoms with Gasteiger partial charge >= 0.3 is 0 Å². The number of hydrogen-bond donors (Lipinski definition) is 0. The first kappa shape index (κ1) is 20.5. The van der Waals surface area contributed by atoms with Crippen molar-refractivity contribution in [3.63, 3.8) is 0 Å². The predicted octanol–water partition coefficient (Wildman–Crippen LogP) is 4.83. The van der Waals surface area contributed by atoms with Gasteiger partial charge in [0.2, 0.25) is 5.91 Å². The molecule has 3 rings (SSSR count). The average molecular weight is 396 g/mol. The summed E-state index contributed by atoms with van der Waals surface area (Å²) in [6.07, 6.45) is 2.19. The third kappa shape index (κ3) is 5.18. The van der Waals surface area contributed by atoms with Gasteiger partial charge in [-0.2, -0.15) is 0 Å². The van der Waals surface area contributed by atoms with Crippen LogP contribution in [0.4, 0.5) is 5.13 Å². The summed E-state index contributed by atoms with van der Waals surface area (Å²) in [5.74, 6) is 0.148. The van der Waals surface area contributed by atoms with Gasteiger partial charge in [-0.1, -0.05) is 41.7 Å². The van der Waals surface area contributed by atoms with Gasteiger partial charge in [0.15, 0.2) is 5.13 Å². The number of carbonyl (C=O) groups excluding carboxylic acids is 1. The second-order valence-corrected chi connectivity index (χ2v) is 8.60. The fourth-order valence-electron chi connectivity index (χ4n) is 3.19. The van der Waals surface area contributed by atoms with E-state index in [1.165, 1.54) is 16.7 Å². The van der Waals surface area contributed by atoms with Gasteiger partial charge in [0.1, 0.15) is 0 Å². The summed E-state index contributed by atoms with van der Waals surface area (Å²) in [5.41, 5.74) is 4.67. The maximum Gasteiger partial charge on any atom is 0.229 e. The predicted molar refractivity (Wildman–Crippen MR) is 119 cm³/mol. The number of hydrogen-bond acceptors (Lipinski definition) is 4. The topological polar surface area (TPSA) is 36.4 Å². The fourth-order valence-corrected chi connectivity index (χ4v) is 4.28. The first-order chi connectivity index (χ1) is 13.4. The maximum atomic E-state index is 13.1. The second kappa shape index (κ2) is 9.30. The van der Waals surface area contributed by atoms with Crippen LogP contribution in [0.15, 0.2) is 42.5 Å². The Morgan fingerprint density at radius 2 is 1.75 bits per heavy atom. The summed E-state index contributed by atoms with van der Waals surface area (Å²) in [4.78, 5) is 21.9. The lowest BCUT2D eigenvalue weighted by Crippen LogP contribution is -2.33. The number of nitrogens with zero attached hydrogens (tertiary/aromatic N) is 3. The maximum absolute atomic E-state index is 13.1. The lowest BCUT2D eigenvalue weighted by Gasteiger charge is -2.21.